The summed E-state index contributed by atoms with van der Waals surface area (Å²) in [6, 6.07) is 0. The van der Waals surface area contributed by atoms with E-state index in [4.69, 9.17) is 59.0 Å². The molecule has 0 aliphatic rings. The molecule has 0 aliphatic carbocycles. The van der Waals surface area contributed by atoms with E-state index in [2.05, 4.69) is 4.90 Å². The third kappa shape index (κ3) is 61.2. The minimum Gasteiger partial charge on any atom is -0.652 e. The summed E-state index contributed by atoms with van der Waals surface area (Å²) < 4.78 is 0. The Morgan fingerprint density at radius 2 is 1.15 bits per heavy atom. The van der Waals surface area contributed by atoms with Gasteiger partial charge >= 0.3 is 68.2 Å². The summed E-state index contributed by atoms with van der Waals surface area (Å²) in [5.41, 5.74) is 5.36. The smallest absolute Gasteiger partial charge is 0.652 e. The van der Waals surface area contributed by atoms with Crippen LogP contribution < -0.4 is 77.5 Å². The van der Waals surface area contributed by atoms with Crippen molar-refractivity contribution in [3.05, 3.63) is 0 Å². The molecule has 0 radical (unpaired) electrons. The van der Waals surface area contributed by atoms with E-state index in [1.807, 2.05) is 0 Å². The first kappa shape index (κ1) is 32.9. The van der Waals surface area contributed by atoms with Crippen LogP contribution in [0, 0.1) is 0 Å². The molecular weight excluding hydrogens is 389 g/mol. The number of carbonyl (C=O) groups excluding carboxylic acids is 2. The summed E-state index contributed by atoms with van der Waals surface area (Å²) in [5.74, 6) is 1.30. The molecule has 0 bridgehead atoms. The van der Waals surface area contributed by atoms with E-state index in [9.17, 15) is 0 Å². The van der Waals surface area contributed by atoms with E-state index in [0.717, 1.165) is 19.6 Å². The van der Waals surface area contributed by atoms with Crippen molar-refractivity contribution in [1.29, 1.82) is 0 Å². The third-order valence-corrected chi connectivity index (χ3v) is 1.58. The van der Waals surface area contributed by atoms with Gasteiger partial charge in [-0.2, -0.15) is 0 Å². The van der Waals surface area contributed by atoms with E-state index in [-0.39, 0.29) is 68.2 Å². The van der Waals surface area contributed by atoms with Crippen LogP contribution >= 0.6 is 23.2 Å². The van der Waals surface area contributed by atoms with Crippen LogP contribution in [0.2, 0.25) is 0 Å². The van der Waals surface area contributed by atoms with Crippen molar-refractivity contribution >= 4 is 35.5 Å². The molecule has 2 N–H and O–H groups in total. The van der Waals surface area contributed by atoms with Crippen LogP contribution in [0.4, 0.5) is 9.59 Å². The average Bonchev–Trinajstić information content (AvgIpc) is 2.17. The van der Waals surface area contributed by atoms with Gasteiger partial charge in [0, 0.05) is 37.9 Å². The fourth-order valence-corrected chi connectivity index (χ4v) is 1.24. The van der Waals surface area contributed by atoms with Gasteiger partial charge in [-0.05, 0) is 12.3 Å². The molecule has 0 spiro atoms. The average molecular weight is 403 g/mol. The Morgan fingerprint density at radius 3 is 1.30 bits per heavy atom. The molecule has 12 heteroatoms. The SMILES string of the molecule is NCCN(CCCl)CCCl.O=C([O-])[O-].O=C([O-])[O-].[Co+3].[K+]. The standard InChI is InChI=1S/C6H14Cl2N2.2CH2O3.Co.K/c7-1-4-10(5-2-8)6-3-9;2*2-1(3)4;;/h1-6,9H2;2*(H2,2,3,4);;/q;;;+3;+1/p-4. The third-order valence-electron chi connectivity index (χ3n) is 1.25. The van der Waals surface area contributed by atoms with Gasteiger partial charge in [-0.3, -0.25) is 4.90 Å². The van der Waals surface area contributed by atoms with Gasteiger partial charge in [0.05, 0.1) is 0 Å². The topological polar surface area (TPSA) is 156 Å². The molecule has 0 aliphatic heterocycles. The van der Waals surface area contributed by atoms with Crippen LogP contribution in [0.1, 0.15) is 0 Å². The molecule has 0 saturated heterocycles. The van der Waals surface area contributed by atoms with Crippen LogP contribution in [0.15, 0.2) is 0 Å². The summed E-state index contributed by atoms with van der Waals surface area (Å²) in [5, 5.41) is 33.3. The first-order valence-electron chi connectivity index (χ1n) is 4.62. The molecule has 8 nitrogen and oxygen atoms in total. The molecule has 0 fully saturated rings. The van der Waals surface area contributed by atoms with Gasteiger partial charge < -0.3 is 35.7 Å². The van der Waals surface area contributed by atoms with Gasteiger partial charge in [-0.15, -0.1) is 23.2 Å². The van der Waals surface area contributed by atoms with Crippen LogP contribution in [-0.4, -0.2) is 55.1 Å². The first-order chi connectivity index (χ1) is 8.31. The molecule has 0 aromatic heterocycles. The maximum Gasteiger partial charge on any atom is 3.00 e. The number of alkyl halides is 2. The van der Waals surface area contributed by atoms with E-state index in [1.165, 1.54) is 0 Å². The molecule has 116 valence electrons. The Bertz CT molecular complexity index is 185. The number of hydrogen-bond acceptors (Lipinski definition) is 8. The number of carboxylic acid groups (broad SMARTS) is 4. The predicted octanol–water partition coefficient (Wildman–Crippen LogP) is -7.17. The minimum atomic E-state index is -2.33. The Morgan fingerprint density at radius 1 is 0.900 bits per heavy atom. The van der Waals surface area contributed by atoms with Crippen molar-refractivity contribution in [2.75, 3.05) is 37.9 Å². The van der Waals surface area contributed by atoms with E-state index in [1.54, 1.807) is 0 Å². The van der Waals surface area contributed by atoms with Gasteiger partial charge in [-0.1, -0.05) is 0 Å². The summed E-state index contributed by atoms with van der Waals surface area (Å²) in [6.45, 7) is 3.32. The largest absolute Gasteiger partial charge is 3.00 e. The fraction of sp³-hybridized carbons (Fsp3) is 0.750. The second kappa shape index (κ2) is 28.4. The molecule has 0 atom stereocenters. The van der Waals surface area contributed by atoms with Crippen molar-refractivity contribution < 1.29 is 98.2 Å². The quantitative estimate of drug-likeness (QED) is 0.339. The number of nitrogens with two attached hydrogens (primary N) is 1. The summed E-state index contributed by atoms with van der Waals surface area (Å²) in [7, 11) is 0. The normalized spacial score (nSPS) is 7.80. The molecule has 0 aromatic rings. The van der Waals surface area contributed by atoms with Gasteiger partial charge in [0.2, 0.25) is 0 Å². The van der Waals surface area contributed by atoms with Crippen molar-refractivity contribution in [3.8, 4) is 0 Å². The molecular formula is C8H14Cl2CoKN2O6. The minimum absolute atomic E-state index is 0. The Hall–Kier alpha value is 1.18. The maximum absolute atomic E-state index is 8.33. The zero-order valence-electron chi connectivity index (χ0n) is 10.8. The van der Waals surface area contributed by atoms with Crippen molar-refractivity contribution in [3.63, 3.8) is 0 Å². The molecule has 0 rings (SSSR count). The molecule has 0 heterocycles. The number of rotatable bonds is 6. The second-order valence-electron chi connectivity index (χ2n) is 2.51. The van der Waals surface area contributed by atoms with Crippen LogP contribution in [0.25, 0.3) is 0 Å². The number of hydrogen-bond donors (Lipinski definition) is 1. The Labute approximate surface area is 180 Å². The molecule has 0 saturated carbocycles. The van der Waals surface area contributed by atoms with E-state index in [0.29, 0.717) is 18.3 Å². The van der Waals surface area contributed by atoms with Crippen molar-refractivity contribution in [2.45, 2.75) is 0 Å². The predicted molar refractivity (Wildman–Crippen MR) is 57.7 cm³/mol. The fourth-order valence-electron chi connectivity index (χ4n) is 0.757. The van der Waals surface area contributed by atoms with Crippen LogP contribution in [0.5, 0.6) is 0 Å². The maximum atomic E-state index is 8.33. The molecule has 0 unspecified atom stereocenters. The van der Waals surface area contributed by atoms with E-state index < -0.39 is 12.3 Å². The second-order valence-corrected chi connectivity index (χ2v) is 3.26. The summed E-state index contributed by atoms with van der Waals surface area (Å²) in [6.07, 6.45) is -4.67. The van der Waals surface area contributed by atoms with E-state index >= 15 is 0 Å². The molecule has 0 aromatic carbocycles. The van der Waals surface area contributed by atoms with Gasteiger partial charge in [-0.25, -0.2) is 0 Å². The number of nitrogens with zero attached hydrogens (tertiary/aromatic N) is 1. The zero-order valence-corrected chi connectivity index (χ0v) is 16.5. The number of carbonyl (C=O) groups is 2. The van der Waals surface area contributed by atoms with Gasteiger partial charge in [0.1, 0.15) is 0 Å². The van der Waals surface area contributed by atoms with Gasteiger partial charge in [0.25, 0.3) is 0 Å². The molecule has 0 amide bonds. The van der Waals surface area contributed by atoms with Crippen molar-refractivity contribution in [1.82, 2.24) is 4.90 Å². The molecule has 20 heavy (non-hydrogen) atoms. The monoisotopic (exact) mass is 402 g/mol. The number of halogens is 2. The summed E-state index contributed by atoms with van der Waals surface area (Å²) in [4.78, 5) is 18.8. The summed E-state index contributed by atoms with van der Waals surface area (Å²) >= 11 is 11.1. The first-order valence-corrected chi connectivity index (χ1v) is 5.69. The van der Waals surface area contributed by atoms with Crippen LogP contribution in [0.3, 0.4) is 0 Å². The Kier molecular flexibility index (Phi) is 46.7. The zero-order chi connectivity index (χ0) is 15.0. The van der Waals surface area contributed by atoms with Gasteiger partial charge in [0.15, 0.2) is 0 Å². The Balaban J connectivity index is -0.0000000637. The van der Waals surface area contributed by atoms with Crippen LogP contribution in [-0.2, 0) is 16.8 Å². The van der Waals surface area contributed by atoms with Crippen molar-refractivity contribution in [2.24, 2.45) is 5.73 Å².